The first-order valence-electron chi connectivity index (χ1n) is 2.96. The minimum Gasteiger partial charge on any atom is -0.367 e. The van der Waals surface area contributed by atoms with E-state index in [9.17, 15) is 0 Å². The molecule has 0 spiro atoms. The molecule has 0 aliphatic heterocycles. The van der Waals surface area contributed by atoms with Crippen LogP contribution in [0.4, 0.5) is 5.88 Å². The molecule has 1 aromatic heterocycles. The first kappa shape index (κ1) is 6.13. The summed E-state index contributed by atoms with van der Waals surface area (Å²) >= 11 is 0. The van der Waals surface area contributed by atoms with Gasteiger partial charge in [0.05, 0.1) is 5.69 Å². The van der Waals surface area contributed by atoms with Gasteiger partial charge in [0.25, 0.3) is 0 Å². The average molecular weight is 126 g/mol. The lowest BCUT2D eigenvalue weighted by atomic mass is 10.2. The highest BCUT2D eigenvalue weighted by Crippen LogP contribution is 2.13. The third-order valence-corrected chi connectivity index (χ3v) is 1.39. The molecule has 0 saturated carbocycles. The van der Waals surface area contributed by atoms with Crippen LogP contribution in [0.5, 0.6) is 0 Å². The van der Waals surface area contributed by atoms with Crippen LogP contribution in [0.2, 0.25) is 0 Å². The van der Waals surface area contributed by atoms with Gasteiger partial charge in [0.15, 0.2) is 0 Å². The molecule has 0 unspecified atom stereocenters. The molecule has 0 aliphatic rings. The van der Waals surface area contributed by atoms with Gasteiger partial charge in [-0.2, -0.15) is 0 Å². The lowest BCUT2D eigenvalue weighted by molar-refractivity contribution is 0.428. The number of nitrogens with zero attached hydrogens (tertiary/aromatic N) is 1. The van der Waals surface area contributed by atoms with Crippen molar-refractivity contribution in [3.63, 3.8) is 0 Å². The normalized spacial score (nSPS) is 10.0. The van der Waals surface area contributed by atoms with E-state index >= 15 is 0 Å². The van der Waals surface area contributed by atoms with Crippen molar-refractivity contribution in [1.82, 2.24) is 5.16 Å². The van der Waals surface area contributed by atoms with E-state index in [-0.39, 0.29) is 0 Å². The van der Waals surface area contributed by atoms with E-state index in [2.05, 4.69) is 5.16 Å². The zero-order valence-electron chi connectivity index (χ0n) is 5.64. The number of aryl methyl sites for hydroxylation is 1. The topological polar surface area (TPSA) is 52.0 Å². The van der Waals surface area contributed by atoms with Gasteiger partial charge < -0.3 is 10.3 Å². The summed E-state index contributed by atoms with van der Waals surface area (Å²) in [5.41, 5.74) is 7.31. The van der Waals surface area contributed by atoms with Gasteiger partial charge in [0, 0.05) is 5.56 Å². The molecule has 1 rings (SSSR count). The summed E-state index contributed by atoms with van der Waals surface area (Å²) in [7, 11) is 0. The van der Waals surface area contributed by atoms with Crippen LogP contribution in [0.15, 0.2) is 4.52 Å². The molecule has 0 atom stereocenters. The van der Waals surface area contributed by atoms with Crippen LogP contribution in [0, 0.1) is 6.92 Å². The summed E-state index contributed by atoms with van der Waals surface area (Å²) in [6.07, 6.45) is 0.881. The maximum Gasteiger partial charge on any atom is 0.225 e. The molecular weight excluding hydrogens is 116 g/mol. The van der Waals surface area contributed by atoms with E-state index in [0.29, 0.717) is 5.88 Å². The van der Waals surface area contributed by atoms with Gasteiger partial charge in [-0.1, -0.05) is 12.1 Å². The van der Waals surface area contributed by atoms with E-state index < -0.39 is 0 Å². The van der Waals surface area contributed by atoms with Crippen molar-refractivity contribution in [2.75, 3.05) is 5.73 Å². The Morgan fingerprint density at radius 2 is 2.33 bits per heavy atom. The molecule has 2 N–H and O–H groups in total. The Labute approximate surface area is 53.8 Å². The minimum atomic E-state index is 0.437. The Kier molecular flexibility index (Phi) is 1.42. The first-order chi connectivity index (χ1) is 4.25. The predicted octanol–water partition coefficient (Wildman–Crippen LogP) is 1.13. The molecule has 50 valence electrons. The highest BCUT2D eigenvalue weighted by molar-refractivity contribution is 5.37. The van der Waals surface area contributed by atoms with E-state index in [1.165, 1.54) is 0 Å². The molecule has 0 aromatic carbocycles. The second-order valence-electron chi connectivity index (χ2n) is 1.97. The van der Waals surface area contributed by atoms with Crippen LogP contribution < -0.4 is 5.73 Å². The summed E-state index contributed by atoms with van der Waals surface area (Å²) < 4.78 is 4.71. The molecule has 0 amide bonds. The number of nitrogen functional groups attached to an aromatic ring is 1. The Morgan fingerprint density at radius 3 is 2.56 bits per heavy atom. The number of rotatable bonds is 1. The van der Waals surface area contributed by atoms with Crippen LogP contribution in [-0.4, -0.2) is 5.16 Å². The third-order valence-electron chi connectivity index (χ3n) is 1.39. The summed E-state index contributed by atoms with van der Waals surface area (Å²) in [4.78, 5) is 0. The molecule has 9 heavy (non-hydrogen) atoms. The number of anilines is 1. The van der Waals surface area contributed by atoms with Gasteiger partial charge in [-0.25, -0.2) is 0 Å². The van der Waals surface area contributed by atoms with E-state index in [4.69, 9.17) is 10.3 Å². The fraction of sp³-hybridized carbons (Fsp3) is 0.500. The number of nitrogens with two attached hydrogens (primary N) is 1. The number of hydrogen-bond acceptors (Lipinski definition) is 3. The highest BCUT2D eigenvalue weighted by atomic mass is 16.5. The molecule has 0 radical (unpaired) electrons. The maximum atomic E-state index is 5.39. The van der Waals surface area contributed by atoms with Crippen LogP contribution in [0.1, 0.15) is 18.2 Å². The van der Waals surface area contributed by atoms with Crippen molar-refractivity contribution in [2.45, 2.75) is 20.3 Å². The highest BCUT2D eigenvalue weighted by Gasteiger charge is 2.04. The van der Waals surface area contributed by atoms with Gasteiger partial charge in [-0.15, -0.1) is 0 Å². The molecule has 1 aromatic rings. The molecule has 0 saturated heterocycles. The Hall–Kier alpha value is -0.990. The smallest absolute Gasteiger partial charge is 0.225 e. The first-order valence-corrected chi connectivity index (χ1v) is 2.96. The summed E-state index contributed by atoms with van der Waals surface area (Å²) in [6, 6.07) is 0. The van der Waals surface area contributed by atoms with Gasteiger partial charge in [0.2, 0.25) is 5.88 Å². The van der Waals surface area contributed by atoms with Gasteiger partial charge in [0.1, 0.15) is 0 Å². The fourth-order valence-electron chi connectivity index (χ4n) is 0.713. The van der Waals surface area contributed by atoms with E-state index in [1.54, 1.807) is 0 Å². The molecule has 3 nitrogen and oxygen atoms in total. The molecule has 1 heterocycles. The van der Waals surface area contributed by atoms with Crippen molar-refractivity contribution in [2.24, 2.45) is 0 Å². The van der Waals surface area contributed by atoms with Crippen molar-refractivity contribution in [1.29, 1.82) is 0 Å². The van der Waals surface area contributed by atoms with Crippen molar-refractivity contribution >= 4 is 5.88 Å². The fourth-order valence-corrected chi connectivity index (χ4v) is 0.713. The quantitative estimate of drug-likeness (QED) is 0.613. The third kappa shape index (κ3) is 0.896. The second-order valence-corrected chi connectivity index (χ2v) is 1.97. The standard InChI is InChI=1S/C6H10N2O/c1-3-5-4(2)6(7)9-8-5/h3,7H2,1-2H3. The monoisotopic (exact) mass is 126 g/mol. The van der Waals surface area contributed by atoms with E-state index in [1.807, 2.05) is 13.8 Å². The Balaban J connectivity index is 3.04. The van der Waals surface area contributed by atoms with Gasteiger partial charge in [-0.05, 0) is 13.3 Å². The molecular formula is C6H10N2O. The molecule has 0 aliphatic carbocycles. The minimum absolute atomic E-state index is 0.437. The van der Waals surface area contributed by atoms with E-state index in [0.717, 1.165) is 17.7 Å². The van der Waals surface area contributed by atoms with Gasteiger partial charge in [-0.3, -0.25) is 0 Å². The lowest BCUT2D eigenvalue weighted by Gasteiger charge is -1.85. The number of aromatic nitrogens is 1. The summed E-state index contributed by atoms with van der Waals surface area (Å²) in [5.74, 6) is 0.437. The largest absolute Gasteiger partial charge is 0.367 e. The van der Waals surface area contributed by atoms with Crippen molar-refractivity contribution in [3.05, 3.63) is 11.3 Å². The molecule has 0 bridgehead atoms. The Bertz CT molecular complexity index is 205. The number of hydrogen-bond donors (Lipinski definition) is 1. The summed E-state index contributed by atoms with van der Waals surface area (Å²) in [5, 5.41) is 3.73. The van der Waals surface area contributed by atoms with Crippen molar-refractivity contribution in [3.8, 4) is 0 Å². The maximum absolute atomic E-state index is 5.39. The second kappa shape index (κ2) is 2.09. The van der Waals surface area contributed by atoms with Crippen LogP contribution in [0.25, 0.3) is 0 Å². The Morgan fingerprint density at radius 1 is 1.67 bits per heavy atom. The van der Waals surface area contributed by atoms with Gasteiger partial charge >= 0.3 is 0 Å². The van der Waals surface area contributed by atoms with Crippen LogP contribution >= 0.6 is 0 Å². The average Bonchev–Trinajstić information content (AvgIpc) is 2.15. The van der Waals surface area contributed by atoms with Crippen molar-refractivity contribution < 1.29 is 4.52 Å². The summed E-state index contributed by atoms with van der Waals surface area (Å²) in [6.45, 7) is 3.93. The SMILES string of the molecule is CCc1noc(N)c1C. The lowest BCUT2D eigenvalue weighted by Crippen LogP contribution is -1.85. The molecule has 3 heteroatoms. The molecule has 0 fully saturated rings. The predicted molar refractivity (Wildman–Crippen MR) is 35.0 cm³/mol. The van der Waals surface area contributed by atoms with Crippen LogP contribution in [-0.2, 0) is 6.42 Å². The zero-order chi connectivity index (χ0) is 6.85. The van der Waals surface area contributed by atoms with Crippen LogP contribution in [0.3, 0.4) is 0 Å². The zero-order valence-corrected chi connectivity index (χ0v) is 5.64.